The molecule has 0 N–H and O–H groups in total. The van der Waals surface area contributed by atoms with Crippen LogP contribution in [-0.2, 0) is 9.59 Å². The number of rotatable bonds is 2. The molecule has 2 amide bonds. The molecule has 0 aliphatic carbocycles. The van der Waals surface area contributed by atoms with Gasteiger partial charge in [-0.05, 0) is 54.7 Å². The fourth-order valence-electron chi connectivity index (χ4n) is 2.32. The summed E-state index contributed by atoms with van der Waals surface area (Å²) < 4.78 is 5.71. The normalized spacial score (nSPS) is 15.3. The smallest absolute Gasteiger partial charge is 0.265 e. The number of thiocarbonyl (C=S) groups is 1. The van der Waals surface area contributed by atoms with Crippen LogP contribution in [0.25, 0.3) is 17.4 Å². The van der Waals surface area contributed by atoms with Crippen molar-refractivity contribution in [2.24, 2.45) is 0 Å². The third-order valence-electron chi connectivity index (χ3n) is 3.69. The maximum atomic E-state index is 12.3. The summed E-state index contributed by atoms with van der Waals surface area (Å²) in [7, 11) is 3.06. The maximum absolute atomic E-state index is 12.3. The predicted molar refractivity (Wildman–Crippen MR) is 95.3 cm³/mol. The largest absolute Gasteiger partial charge is 0.457 e. The predicted octanol–water partition coefficient (Wildman–Crippen LogP) is 3.20. The van der Waals surface area contributed by atoms with Crippen molar-refractivity contribution >= 4 is 46.8 Å². The number of nitrogens with zero attached hydrogens (tertiary/aromatic N) is 2. The van der Waals surface area contributed by atoms with E-state index in [-0.39, 0.29) is 10.7 Å². The average molecular weight is 361 g/mol. The molecule has 1 aliphatic heterocycles. The molecule has 0 unspecified atom stereocenters. The second-order valence-electron chi connectivity index (χ2n) is 5.28. The van der Waals surface area contributed by atoms with Crippen molar-refractivity contribution in [2.45, 2.75) is 0 Å². The number of halogens is 1. The van der Waals surface area contributed by atoms with Crippen LogP contribution < -0.4 is 0 Å². The molecule has 1 aliphatic rings. The first-order valence-electron chi connectivity index (χ1n) is 7.06. The van der Waals surface area contributed by atoms with E-state index in [1.54, 1.807) is 24.3 Å². The van der Waals surface area contributed by atoms with Gasteiger partial charge in [-0.15, -0.1) is 0 Å². The van der Waals surface area contributed by atoms with Gasteiger partial charge in [0.1, 0.15) is 17.1 Å². The molecule has 0 saturated carbocycles. The second kappa shape index (κ2) is 6.22. The summed E-state index contributed by atoms with van der Waals surface area (Å²) in [4.78, 5) is 27.1. The lowest BCUT2D eigenvalue weighted by molar-refractivity contribution is -0.132. The van der Waals surface area contributed by atoms with Crippen molar-refractivity contribution < 1.29 is 14.0 Å². The van der Waals surface area contributed by atoms with Crippen LogP contribution in [0.1, 0.15) is 5.76 Å². The van der Waals surface area contributed by atoms with Gasteiger partial charge >= 0.3 is 0 Å². The van der Waals surface area contributed by atoms with Crippen LogP contribution in [0, 0.1) is 0 Å². The Bertz CT molecular complexity index is 844. The number of benzene rings is 1. The lowest BCUT2D eigenvalue weighted by Crippen LogP contribution is -2.52. The number of carbonyl (C=O) groups is 2. The van der Waals surface area contributed by atoms with Gasteiger partial charge in [-0.1, -0.05) is 11.6 Å². The molecule has 1 fully saturated rings. The van der Waals surface area contributed by atoms with Gasteiger partial charge in [0.2, 0.25) is 0 Å². The molecule has 2 heterocycles. The Morgan fingerprint density at radius 3 is 2.17 bits per heavy atom. The number of furan rings is 1. The van der Waals surface area contributed by atoms with Crippen molar-refractivity contribution in [1.29, 1.82) is 0 Å². The first kappa shape index (κ1) is 16.4. The van der Waals surface area contributed by atoms with E-state index >= 15 is 0 Å². The molecule has 2 aromatic rings. The number of amides is 2. The Morgan fingerprint density at radius 2 is 1.58 bits per heavy atom. The summed E-state index contributed by atoms with van der Waals surface area (Å²) in [6.07, 6.45) is 1.43. The van der Waals surface area contributed by atoms with E-state index in [1.807, 2.05) is 12.1 Å². The first-order chi connectivity index (χ1) is 11.4. The lowest BCUT2D eigenvalue weighted by atomic mass is 10.1. The number of likely N-dealkylation sites (N-methyl/N-ethyl adjacent to an activating group) is 2. The van der Waals surface area contributed by atoms with Crippen molar-refractivity contribution in [3.8, 4) is 11.3 Å². The molecule has 3 rings (SSSR count). The van der Waals surface area contributed by atoms with Gasteiger partial charge in [0.05, 0.1) is 0 Å². The summed E-state index contributed by atoms with van der Waals surface area (Å²) >= 11 is 10.9. The van der Waals surface area contributed by atoms with Crippen molar-refractivity contribution in [1.82, 2.24) is 9.80 Å². The zero-order chi connectivity index (χ0) is 17.4. The highest BCUT2D eigenvalue weighted by molar-refractivity contribution is 7.80. The van der Waals surface area contributed by atoms with Gasteiger partial charge in [0.15, 0.2) is 5.11 Å². The van der Waals surface area contributed by atoms with Crippen molar-refractivity contribution in [3.05, 3.63) is 52.8 Å². The molecule has 0 radical (unpaired) electrons. The Labute approximate surface area is 149 Å². The molecule has 24 heavy (non-hydrogen) atoms. The van der Waals surface area contributed by atoms with Gasteiger partial charge in [0, 0.05) is 24.7 Å². The van der Waals surface area contributed by atoms with Gasteiger partial charge in [-0.3, -0.25) is 19.4 Å². The zero-order valence-electron chi connectivity index (χ0n) is 12.9. The van der Waals surface area contributed by atoms with Crippen molar-refractivity contribution in [2.75, 3.05) is 14.1 Å². The third-order valence-corrected chi connectivity index (χ3v) is 4.49. The van der Waals surface area contributed by atoms with Gasteiger partial charge in [-0.2, -0.15) is 0 Å². The minimum atomic E-state index is -0.451. The fraction of sp³-hybridized carbons (Fsp3) is 0.118. The summed E-state index contributed by atoms with van der Waals surface area (Å²) in [6, 6.07) is 10.6. The van der Waals surface area contributed by atoms with E-state index < -0.39 is 11.8 Å². The summed E-state index contributed by atoms with van der Waals surface area (Å²) in [5.74, 6) is 0.123. The number of carbonyl (C=O) groups excluding carboxylic acids is 2. The quantitative estimate of drug-likeness (QED) is 0.469. The Kier molecular flexibility index (Phi) is 4.26. The van der Waals surface area contributed by atoms with Gasteiger partial charge < -0.3 is 4.42 Å². The number of hydrogen-bond acceptors (Lipinski definition) is 4. The molecular formula is C17H13ClN2O3S. The molecule has 1 aromatic carbocycles. The molecule has 1 aromatic heterocycles. The second-order valence-corrected chi connectivity index (χ2v) is 6.08. The summed E-state index contributed by atoms with van der Waals surface area (Å²) in [5.41, 5.74) is 0.853. The molecule has 1 saturated heterocycles. The van der Waals surface area contributed by atoms with Crippen LogP contribution in [0.5, 0.6) is 0 Å². The zero-order valence-corrected chi connectivity index (χ0v) is 14.5. The highest BCUT2D eigenvalue weighted by atomic mass is 35.5. The minimum Gasteiger partial charge on any atom is -0.457 e. The van der Waals surface area contributed by atoms with E-state index in [2.05, 4.69) is 0 Å². The van der Waals surface area contributed by atoms with E-state index in [0.717, 1.165) is 5.56 Å². The Balaban J connectivity index is 1.94. The highest BCUT2D eigenvalue weighted by Gasteiger charge is 2.35. The molecule has 7 heteroatoms. The van der Waals surface area contributed by atoms with E-state index in [0.29, 0.717) is 16.5 Å². The van der Waals surface area contributed by atoms with Crippen LogP contribution >= 0.6 is 23.8 Å². The minimum absolute atomic E-state index is 0.00519. The van der Waals surface area contributed by atoms with E-state index in [9.17, 15) is 9.59 Å². The maximum Gasteiger partial charge on any atom is 0.265 e. The Hall–Kier alpha value is -2.44. The van der Waals surface area contributed by atoms with E-state index in [1.165, 1.54) is 30.0 Å². The Morgan fingerprint density at radius 1 is 1.00 bits per heavy atom. The van der Waals surface area contributed by atoms with Crippen LogP contribution in [0.4, 0.5) is 0 Å². The molecule has 5 nitrogen and oxygen atoms in total. The molecule has 0 spiro atoms. The number of hydrogen-bond donors (Lipinski definition) is 0. The van der Waals surface area contributed by atoms with Crippen molar-refractivity contribution in [3.63, 3.8) is 0 Å². The van der Waals surface area contributed by atoms with Gasteiger partial charge in [-0.25, -0.2) is 0 Å². The van der Waals surface area contributed by atoms with Gasteiger partial charge in [0.25, 0.3) is 11.8 Å². The van der Waals surface area contributed by atoms with Crippen LogP contribution in [0.3, 0.4) is 0 Å². The van der Waals surface area contributed by atoms with E-state index in [4.69, 9.17) is 28.2 Å². The molecule has 0 atom stereocenters. The highest BCUT2D eigenvalue weighted by Crippen LogP contribution is 2.26. The van der Waals surface area contributed by atoms with Crippen LogP contribution in [-0.4, -0.2) is 40.8 Å². The first-order valence-corrected chi connectivity index (χ1v) is 7.84. The standard InChI is InChI=1S/C17H13ClN2O3S/c1-19-15(21)13(16(22)20(2)17(19)24)9-12-7-8-14(23-12)10-3-5-11(18)6-4-10/h3-9H,1-2H3. The monoisotopic (exact) mass is 360 g/mol. The molecule has 122 valence electrons. The topological polar surface area (TPSA) is 53.8 Å². The third kappa shape index (κ3) is 2.86. The molecular weight excluding hydrogens is 348 g/mol. The fourth-order valence-corrected chi connectivity index (χ4v) is 2.61. The molecule has 0 bridgehead atoms. The summed E-state index contributed by atoms with van der Waals surface area (Å²) in [6.45, 7) is 0. The van der Waals surface area contributed by atoms with Crippen LogP contribution in [0.15, 0.2) is 46.4 Å². The van der Waals surface area contributed by atoms with Crippen LogP contribution in [0.2, 0.25) is 5.02 Å². The lowest BCUT2D eigenvalue weighted by Gasteiger charge is -2.31. The SMILES string of the molecule is CN1C(=O)C(=Cc2ccc(-c3ccc(Cl)cc3)o2)C(=O)N(C)C1=S. The summed E-state index contributed by atoms with van der Waals surface area (Å²) in [5, 5.41) is 0.802. The average Bonchev–Trinajstić information content (AvgIpc) is 3.04.